The zero-order valence-electron chi connectivity index (χ0n) is 13.8. The fourth-order valence-electron chi connectivity index (χ4n) is 3.36. The summed E-state index contributed by atoms with van der Waals surface area (Å²) in [5.74, 6) is -0.280. The summed E-state index contributed by atoms with van der Waals surface area (Å²) in [5.41, 5.74) is 0.984. The zero-order chi connectivity index (χ0) is 16.4. The summed E-state index contributed by atoms with van der Waals surface area (Å²) in [6.07, 6.45) is 1.81. The lowest BCUT2D eigenvalue weighted by Crippen LogP contribution is -2.57. The van der Waals surface area contributed by atoms with Crippen LogP contribution in [0.4, 0.5) is 4.39 Å². The highest BCUT2D eigenvalue weighted by Gasteiger charge is 2.31. The number of likely N-dealkylation sites (tertiary alicyclic amines) is 1. The van der Waals surface area contributed by atoms with E-state index in [2.05, 4.69) is 5.32 Å². The number of aryl methyl sites for hydroxylation is 1. The molecule has 0 aromatic heterocycles. The molecule has 1 aromatic carbocycles. The largest absolute Gasteiger partial charge is 0.337 e. The second kappa shape index (κ2) is 7.94. The van der Waals surface area contributed by atoms with Gasteiger partial charge in [-0.05, 0) is 43.5 Å². The molecule has 0 bridgehead atoms. The third-order valence-electron chi connectivity index (χ3n) is 4.66. The van der Waals surface area contributed by atoms with Crippen molar-refractivity contribution in [3.63, 3.8) is 0 Å². The molecule has 2 saturated heterocycles. The molecule has 2 aliphatic heterocycles. The normalized spacial score (nSPS) is 21.4. The van der Waals surface area contributed by atoms with Gasteiger partial charge in [0.1, 0.15) is 5.82 Å². The number of hydrogen-bond donors (Lipinski definition) is 1. The van der Waals surface area contributed by atoms with E-state index < -0.39 is 0 Å². The van der Waals surface area contributed by atoms with Crippen LogP contribution >= 0.6 is 12.4 Å². The molecule has 0 spiro atoms. The van der Waals surface area contributed by atoms with Gasteiger partial charge in [-0.3, -0.25) is 9.59 Å². The van der Waals surface area contributed by atoms with E-state index in [-0.39, 0.29) is 36.1 Å². The van der Waals surface area contributed by atoms with Crippen molar-refractivity contribution in [3.8, 4) is 0 Å². The number of halogens is 2. The molecule has 2 amide bonds. The molecule has 24 heavy (non-hydrogen) atoms. The molecule has 132 valence electrons. The van der Waals surface area contributed by atoms with Crippen molar-refractivity contribution in [3.05, 3.63) is 35.1 Å². The summed E-state index contributed by atoms with van der Waals surface area (Å²) >= 11 is 0. The molecule has 2 aliphatic rings. The number of nitrogens with zero attached hydrogens (tertiary/aromatic N) is 2. The van der Waals surface area contributed by atoms with Crippen LogP contribution in [0.25, 0.3) is 0 Å². The van der Waals surface area contributed by atoms with Gasteiger partial charge in [-0.2, -0.15) is 0 Å². The van der Waals surface area contributed by atoms with Crippen LogP contribution in [0, 0.1) is 12.7 Å². The third-order valence-corrected chi connectivity index (χ3v) is 4.66. The molecular weight excluding hydrogens is 333 g/mol. The van der Waals surface area contributed by atoms with Crippen molar-refractivity contribution in [2.75, 3.05) is 32.7 Å². The number of carbonyl (C=O) groups is 2. The van der Waals surface area contributed by atoms with Crippen LogP contribution in [0.15, 0.2) is 18.2 Å². The predicted octanol–water partition coefficient (Wildman–Crippen LogP) is 1.59. The molecule has 7 heteroatoms. The van der Waals surface area contributed by atoms with Gasteiger partial charge in [0.05, 0.1) is 6.54 Å². The Kier molecular flexibility index (Phi) is 6.18. The maximum atomic E-state index is 13.4. The van der Waals surface area contributed by atoms with Crippen molar-refractivity contribution in [1.29, 1.82) is 0 Å². The first kappa shape index (κ1) is 18.7. The van der Waals surface area contributed by atoms with Gasteiger partial charge in [-0.15, -0.1) is 12.4 Å². The Bertz CT molecular complexity index is 626. The van der Waals surface area contributed by atoms with Gasteiger partial charge in [-0.1, -0.05) is 0 Å². The number of hydrogen-bond acceptors (Lipinski definition) is 3. The molecule has 1 unspecified atom stereocenters. The van der Waals surface area contributed by atoms with E-state index in [0.717, 1.165) is 19.4 Å². The van der Waals surface area contributed by atoms with E-state index >= 15 is 0 Å². The Morgan fingerprint density at radius 2 is 2.12 bits per heavy atom. The quantitative estimate of drug-likeness (QED) is 0.876. The monoisotopic (exact) mass is 355 g/mol. The van der Waals surface area contributed by atoms with Crippen LogP contribution in [-0.4, -0.2) is 60.4 Å². The maximum Gasteiger partial charge on any atom is 0.253 e. The molecule has 3 rings (SSSR count). The molecular formula is C17H23ClFN3O2. The van der Waals surface area contributed by atoms with Gasteiger partial charge in [0.15, 0.2) is 0 Å². The van der Waals surface area contributed by atoms with Gasteiger partial charge in [-0.25, -0.2) is 4.39 Å². The zero-order valence-corrected chi connectivity index (χ0v) is 14.6. The van der Waals surface area contributed by atoms with Gasteiger partial charge in [0.25, 0.3) is 5.91 Å². The van der Waals surface area contributed by atoms with Gasteiger partial charge in [0, 0.05) is 37.8 Å². The van der Waals surface area contributed by atoms with Gasteiger partial charge in [0.2, 0.25) is 5.91 Å². The first-order valence-corrected chi connectivity index (χ1v) is 8.12. The van der Waals surface area contributed by atoms with E-state index in [4.69, 9.17) is 0 Å². The van der Waals surface area contributed by atoms with Crippen molar-refractivity contribution in [2.24, 2.45) is 0 Å². The Morgan fingerprint density at radius 3 is 2.83 bits per heavy atom. The summed E-state index contributed by atoms with van der Waals surface area (Å²) < 4.78 is 13.4. The highest BCUT2D eigenvalue weighted by Crippen LogP contribution is 2.20. The predicted molar refractivity (Wildman–Crippen MR) is 91.9 cm³/mol. The molecule has 5 nitrogen and oxygen atoms in total. The van der Waals surface area contributed by atoms with E-state index in [9.17, 15) is 14.0 Å². The van der Waals surface area contributed by atoms with E-state index in [1.807, 2.05) is 4.90 Å². The molecule has 0 radical (unpaired) electrons. The second-order valence-corrected chi connectivity index (χ2v) is 6.28. The topological polar surface area (TPSA) is 52.7 Å². The lowest BCUT2D eigenvalue weighted by Gasteiger charge is -2.41. The second-order valence-electron chi connectivity index (χ2n) is 6.28. The number of piperazine rings is 1. The summed E-state index contributed by atoms with van der Waals surface area (Å²) in [6.45, 7) is 4.77. The highest BCUT2D eigenvalue weighted by molar-refractivity contribution is 5.94. The van der Waals surface area contributed by atoms with Crippen molar-refractivity contribution < 1.29 is 14.0 Å². The van der Waals surface area contributed by atoms with Crippen molar-refractivity contribution >= 4 is 24.2 Å². The molecule has 0 aliphatic carbocycles. The molecule has 1 N–H and O–H groups in total. The fourth-order valence-corrected chi connectivity index (χ4v) is 3.36. The lowest BCUT2D eigenvalue weighted by molar-refractivity contribution is -0.135. The smallest absolute Gasteiger partial charge is 0.253 e. The lowest BCUT2D eigenvalue weighted by atomic mass is 10.0. The molecule has 2 fully saturated rings. The molecule has 2 heterocycles. The Labute approximate surface area is 147 Å². The minimum Gasteiger partial charge on any atom is -0.337 e. The van der Waals surface area contributed by atoms with Crippen molar-refractivity contribution in [2.45, 2.75) is 25.8 Å². The fraction of sp³-hybridized carbons (Fsp3) is 0.529. The number of piperidine rings is 1. The third kappa shape index (κ3) is 3.87. The van der Waals surface area contributed by atoms with Crippen LogP contribution in [0.3, 0.4) is 0 Å². The average molecular weight is 356 g/mol. The summed E-state index contributed by atoms with van der Waals surface area (Å²) in [4.78, 5) is 28.4. The summed E-state index contributed by atoms with van der Waals surface area (Å²) in [5, 5.41) is 3.07. The average Bonchev–Trinajstić information content (AvgIpc) is 2.57. The van der Waals surface area contributed by atoms with Crippen molar-refractivity contribution in [1.82, 2.24) is 15.1 Å². The number of nitrogens with one attached hydrogen (secondary N) is 1. The van der Waals surface area contributed by atoms with Crippen LogP contribution in [0.5, 0.6) is 0 Å². The van der Waals surface area contributed by atoms with Crippen LogP contribution in [0.1, 0.15) is 28.8 Å². The van der Waals surface area contributed by atoms with E-state index in [1.165, 1.54) is 12.1 Å². The van der Waals surface area contributed by atoms with E-state index in [1.54, 1.807) is 17.9 Å². The molecule has 1 aromatic rings. The Balaban J connectivity index is 0.00000208. The maximum absolute atomic E-state index is 13.4. The van der Waals surface area contributed by atoms with Gasteiger partial charge < -0.3 is 15.1 Å². The highest BCUT2D eigenvalue weighted by atomic mass is 35.5. The van der Waals surface area contributed by atoms with E-state index in [0.29, 0.717) is 37.3 Å². The molecule has 1 atom stereocenters. The Morgan fingerprint density at radius 1 is 1.33 bits per heavy atom. The summed E-state index contributed by atoms with van der Waals surface area (Å²) in [6, 6.07) is 4.55. The van der Waals surface area contributed by atoms with Crippen LogP contribution in [0.2, 0.25) is 0 Å². The molecule has 0 saturated carbocycles. The standard InChI is InChI=1S/C17H22FN3O2.ClH/c1-12-9-13(4-5-15(12)18)17(23)20-7-2-3-14(11-20)21-8-6-19-10-16(21)22;/h4-5,9,14,19H,2-3,6-8,10-11H2,1H3;1H. The van der Waals surface area contributed by atoms with Crippen LogP contribution in [-0.2, 0) is 4.79 Å². The minimum atomic E-state index is -0.301. The number of rotatable bonds is 2. The number of amides is 2. The number of carbonyl (C=O) groups excluding carboxylic acids is 2. The first-order valence-electron chi connectivity index (χ1n) is 8.12. The SMILES string of the molecule is Cc1cc(C(=O)N2CCCC(N3CCNCC3=O)C2)ccc1F.Cl. The first-order chi connectivity index (χ1) is 11.1. The minimum absolute atomic E-state index is 0. The van der Waals surface area contributed by atoms with Crippen LogP contribution < -0.4 is 5.32 Å². The number of benzene rings is 1. The Hall–Kier alpha value is -1.66. The van der Waals surface area contributed by atoms with Gasteiger partial charge >= 0.3 is 0 Å². The summed E-state index contributed by atoms with van der Waals surface area (Å²) in [7, 11) is 0.